The average Bonchev–Trinajstić information content (AvgIpc) is 2.53. The van der Waals surface area contributed by atoms with E-state index in [2.05, 4.69) is 29.3 Å². The Morgan fingerprint density at radius 1 is 1.15 bits per heavy atom. The van der Waals surface area contributed by atoms with Crippen LogP contribution < -0.4 is 0 Å². The molecular weight excluding hydrogens is 284 g/mol. The third-order valence-corrected chi connectivity index (χ3v) is 5.32. The second-order valence-corrected chi connectivity index (χ2v) is 6.58. The van der Waals surface area contributed by atoms with Gasteiger partial charge in [-0.25, -0.2) is 4.99 Å². The van der Waals surface area contributed by atoms with Crippen molar-refractivity contribution in [3.8, 4) is 6.07 Å². The Morgan fingerprint density at radius 2 is 1.95 bits per heavy atom. The maximum absolute atomic E-state index is 8.78. The fourth-order valence-corrected chi connectivity index (χ4v) is 3.92. The molecule has 2 aromatic rings. The van der Waals surface area contributed by atoms with Gasteiger partial charge in [0.25, 0.3) is 0 Å². The molecule has 1 aliphatic heterocycles. The number of benzene rings is 2. The molecule has 2 aromatic carbocycles. The van der Waals surface area contributed by atoms with Crippen molar-refractivity contribution < 1.29 is 0 Å². The summed E-state index contributed by atoms with van der Waals surface area (Å²) in [6, 6.07) is 18.2. The minimum Gasteiger partial charge on any atom is -0.235 e. The van der Waals surface area contributed by atoms with Gasteiger partial charge in [-0.2, -0.15) is 5.26 Å². The average molecular weight is 296 g/mol. The summed E-state index contributed by atoms with van der Waals surface area (Å²) >= 11 is 3.55. The zero-order valence-corrected chi connectivity index (χ0v) is 12.4. The monoisotopic (exact) mass is 296 g/mol. The molecular formula is C16H12N2S2. The van der Waals surface area contributed by atoms with Crippen LogP contribution in [0.3, 0.4) is 0 Å². The molecule has 0 atom stereocenters. The van der Waals surface area contributed by atoms with E-state index in [9.17, 15) is 0 Å². The van der Waals surface area contributed by atoms with Crippen molar-refractivity contribution >= 4 is 33.6 Å². The van der Waals surface area contributed by atoms with Crippen LogP contribution in [0.4, 0.5) is 5.69 Å². The Kier molecular flexibility index (Phi) is 4.10. The van der Waals surface area contributed by atoms with Crippen molar-refractivity contribution in [3.63, 3.8) is 0 Å². The number of fused-ring (bicyclic) bond motifs is 1. The van der Waals surface area contributed by atoms with Crippen LogP contribution in [0.1, 0.15) is 16.7 Å². The Morgan fingerprint density at radius 3 is 2.75 bits per heavy atom. The standard InChI is InChI=1S/C16H12N2S2/c17-9-12-5-7-13(8-6-12)10-19-16-18-15-4-2-1-3-14(15)11-20-16/h1-8H,10-11H2. The summed E-state index contributed by atoms with van der Waals surface area (Å²) in [5, 5.41) is 8.78. The molecule has 0 unspecified atom stereocenters. The zero-order valence-electron chi connectivity index (χ0n) is 10.7. The smallest absolute Gasteiger partial charge is 0.131 e. The Balaban J connectivity index is 1.67. The predicted octanol–water partition coefficient (Wildman–Crippen LogP) is 4.73. The van der Waals surface area contributed by atoms with Crippen molar-refractivity contribution in [2.75, 3.05) is 0 Å². The molecule has 4 heteroatoms. The highest BCUT2D eigenvalue weighted by Crippen LogP contribution is 2.35. The third-order valence-electron chi connectivity index (χ3n) is 3.00. The Labute approximate surface area is 126 Å². The fraction of sp³-hybridized carbons (Fsp3) is 0.125. The first-order valence-corrected chi connectivity index (χ1v) is 8.23. The molecule has 0 aliphatic carbocycles. The van der Waals surface area contributed by atoms with Crippen LogP contribution in [0.5, 0.6) is 0 Å². The van der Waals surface area contributed by atoms with E-state index in [0.29, 0.717) is 5.56 Å². The van der Waals surface area contributed by atoms with E-state index < -0.39 is 0 Å². The lowest BCUT2D eigenvalue weighted by Crippen LogP contribution is -1.96. The normalized spacial score (nSPS) is 13.2. The topological polar surface area (TPSA) is 36.1 Å². The van der Waals surface area contributed by atoms with Crippen molar-refractivity contribution in [1.82, 2.24) is 0 Å². The SMILES string of the molecule is N#Cc1ccc(CSC2=Nc3ccccc3CS2)cc1. The molecule has 98 valence electrons. The first-order chi connectivity index (χ1) is 9.85. The maximum Gasteiger partial charge on any atom is 0.131 e. The minimum atomic E-state index is 0.706. The largest absolute Gasteiger partial charge is 0.235 e. The minimum absolute atomic E-state index is 0.706. The lowest BCUT2D eigenvalue weighted by atomic mass is 10.2. The highest BCUT2D eigenvalue weighted by Gasteiger charge is 2.12. The first kappa shape index (κ1) is 13.3. The van der Waals surface area contributed by atoms with E-state index >= 15 is 0 Å². The number of para-hydroxylation sites is 1. The highest BCUT2D eigenvalue weighted by atomic mass is 32.2. The predicted molar refractivity (Wildman–Crippen MR) is 87.3 cm³/mol. The van der Waals surface area contributed by atoms with Gasteiger partial charge in [0.15, 0.2) is 0 Å². The number of aliphatic imine (C=N–C) groups is 1. The number of rotatable bonds is 2. The van der Waals surface area contributed by atoms with Crippen LogP contribution in [0.15, 0.2) is 53.5 Å². The molecule has 0 aromatic heterocycles. The highest BCUT2D eigenvalue weighted by molar-refractivity contribution is 8.38. The summed E-state index contributed by atoms with van der Waals surface area (Å²) < 4.78 is 1.12. The van der Waals surface area contributed by atoms with Gasteiger partial charge < -0.3 is 0 Å². The summed E-state index contributed by atoms with van der Waals surface area (Å²) in [6.07, 6.45) is 0. The molecule has 0 spiro atoms. The van der Waals surface area contributed by atoms with Crippen molar-refractivity contribution in [3.05, 3.63) is 65.2 Å². The molecule has 1 heterocycles. The van der Waals surface area contributed by atoms with E-state index in [0.717, 1.165) is 21.6 Å². The Hall–Kier alpha value is -1.70. The molecule has 0 bridgehead atoms. The van der Waals surface area contributed by atoms with E-state index in [4.69, 9.17) is 5.26 Å². The van der Waals surface area contributed by atoms with E-state index in [1.54, 1.807) is 23.5 Å². The Bertz CT molecular complexity index is 684. The summed E-state index contributed by atoms with van der Waals surface area (Å²) in [5.41, 5.74) is 4.32. The summed E-state index contributed by atoms with van der Waals surface area (Å²) in [6.45, 7) is 0. The quantitative estimate of drug-likeness (QED) is 0.804. The van der Waals surface area contributed by atoms with Gasteiger partial charge in [0.2, 0.25) is 0 Å². The molecule has 2 nitrogen and oxygen atoms in total. The third kappa shape index (κ3) is 3.06. The van der Waals surface area contributed by atoms with Gasteiger partial charge >= 0.3 is 0 Å². The van der Waals surface area contributed by atoms with E-state index in [1.165, 1.54) is 11.1 Å². The molecule has 0 fully saturated rings. The van der Waals surface area contributed by atoms with Crippen LogP contribution >= 0.6 is 23.5 Å². The van der Waals surface area contributed by atoms with Crippen LogP contribution in [-0.2, 0) is 11.5 Å². The molecule has 3 rings (SSSR count). The molecule has 0 radical (unpaired) electrons. The van der Waals surface area contributed by atoms with Crippen LogP contribution in [0.2, 0.25) is 0 Å². The van der Waals surface area contributed by atoms with Gasteiger partial charge in [-0.1, -0.05) is 53.9 Å². The number of nitriles is 1. The number of hydrogen-bond donors (Lipinski definition) is 0. The van der Waals surface area contributed by atoms with Crippen LogP contribution in [0.25, 0.3) is 0 Å². The summed E-state index contributed by atoms with van der Waals surface area (Å²) in [4.78, 5) is 4.68. The van der Waals surface area contributed by atoms with E-state index in [1.807, 2.05) is 30.3 Å². The molecule has 0 N–H and O–H groups in total. The summed E-state index contributed by atoms with van der Waals surface area (Å²) in [5.74, 6) is 1.88. The lowest BCUT2D eigenvalue weighted by Gasteiger charge is -2.14. The van der Waals surface area contributed by atoms with Crippen molar-refractivity contribution in [2.45, 2.75) is 11.5 Å². The number of thioether (sulfide) groups is 2. The second kappa shape index (κ2) is 6.17. The lowest BCUT2D eigenvalue weighted by molar-refractivity contribution is 1.36. The zero-order chi connectivity index (χ0) is 13.8. The fourth-order valence-electron chi connectivity index (χ4n) is 1.91. The van der Waals surface area contributed by atoms with Gasteiger partial charge in [-0.15, -0.1) is 0 Å². The van der Waals surface area contributed by atoms with Gasteiger partial charge in [-0.05, 0) is 29.3 Å². The maximum atomic E-state index is 8.78. The van der Waals surface area contributed by atoms with Crippen molar-refractivity contribution in [1.29, 1.82) is 5.26 Å². The van der Waals surface area contributed by atoms with E-state index in [-0.39, 0.29) is 0 Å². The summed E-state index contributed by atoms with van der Waals surface area (Å²) in [7, 11) is 0. The number of nitrogens with zero attached hydrogens (tertiary/aromatic N) is 2. The molecule has 20 heavy (non-hydrogen) atoms. The molecule has 1 aliphatic rings. The first-order valence-electron chi connectivity index (χ1n) is 6.26. The molecule has 0 amide bonds. The van der Waals surface area contributed by atoms with Gasteiger partial charge in [-0.3, -0.25) is 0 Å². The van der Waals surface area contributed by atoms with Gasteiger partial charge in [0, 0.05) is 11.5 Å². The van der Waals surface area contributed by atoms with Gasteiger partial charge in [0.05, 0.1) is 17.3 Å². The van der Waals surface area contributed by atoms with Crippen LogP contribution in [-0.4, -0.2) is 4.38 Å². The van der Waals surface area contributed by atoms with Gasteiger partial charge in [0.1, 0.15) is 4.38 Å². The van der Waals surface area contributed by atoms with Crippen LogP contribution in [0, 0.1) is 11.3 Å². The van der Waals surface area contributed by atoms with Crippen molar-refractivity contribution in [2.24, 2.45) is 4.99 Å². The molecule has 0 saturated carbocycles. The molecule has 0 saturated heterocycles. The number of hydrogen-bond acceptors (Lipinski definition) is 4. The second-order valence-electron chi connectivity index (χ2n) is 4.39.